The Bertz CT molecular complexity index is 662. The molecule has 0 saturated carbocycles. The lowest BCUT2D eigenvalue weighted by Gasteiger charge is -2.10. The third-order valence-electron chi connectivity index (χ3n) is 2.43. The summed E-state index contributed by atoms with van der Waals surface area (Å²) < 4.78 is 42.6. The van der Waals surface area contributed by atoms with E-state index in [1.54, 1.807) is 18.2 Å². The largest absolute Gasteiger partial charge is 0.573 e. The van der Waals surface area contributed by atoms with Gasteiger partial charge in [0.1, 0.15) is 10.6 Å². The number of hydrogen-bond donors (Lipinski definition) is 1. The average Bonchev–Trinajstić information content (AvgIpc) is 2.45. The standard InChI is InChI=1S/C13H9F3N2O3S/c14-13(15,16)21-10-7-5-9(6-8-10)17-22-12-4-2-1-3-11(12)18(19)20/h1-8,17H. The Morgan fingerprint density at radius 1 is 1.09 bits per heavy atom. The van der Waals surface area contributed by atoms with E-state index in [1.807, 2.05) is 0 Å². The predicted octanol–water partition coefficient (Wildman–Crippen LogP) is 4.61. The smallest absolute Gasteiger partial charge is 0.406 e. The van der Waals surface area contributed by atoms with Crippen molar-refractivity contribution in [1.82, 2.24) is 0 Å². The van der Waals surface area contributed by atoms with Crippen LogP contribution in [0.2, 0.25) is 0 Å². The van der Waals surface area contributed by atoms with Crippen LogP contribution in [0.3, 0.4) is 0 Å². The minimum Gasteiger partial charge on any atom is -0.406 e. The Hall–Kier alpha value is -2.42. The summed E-state index contributed by atoms with van der Waals surface area (Å²) >= 11 is 0.993. The van der Waals surface area contributed by atoms with E-state index in [4.69, 9.17) is 0 Å². The van der Waals surface area contributed by atoms with Gasteiger partial charge in [0.2, 0.25) is 0 Å². The molecule has 0 aliphatic rings. The molecule has 1 N–H and O–H groups in total. The first-order chi connectivity index (χ1) is 10.3. The molecule has 5 nitrogen and oxygen atoms in total. The normalized spacial score (nSPS) is 11.0. The van der Waals surface area contributed by atoms with E-state index in [1.165, 1.54) is 18.2 Å². The molecular formula is C13H9F3N2O3S. The highest BCUT2D eigenvalue weighted by Crippen LogP contribution is 2.30. The maximum Gasteiger partial charge on any atom is 0.573 e. The Morgan fingerprint density at radius 3 is 2.32 bits per heavy atom. The summed E-state index contributed by atoms with van der Waals surface area (Å²) in [6.45, 7) is 0. The lowest BCUT2D eigenvalue weighted by atomic mass is 10.3. The number of nitrogens with one attached hydrogen (secondary N) is 1. The Kier molecular flexibility index (Phi) is 4.76. The first-order valence-electron chi connectivity index (χ1n) is 5.87. The molecule has 9 heteroatoms. The number of anilines is 1. The van der Waals surface area contributed by atoms with Gasteiger partial charge in [0.25, 0.3) is 5.69 Å². The number of ether oxygens (including phenoxy) is 1. The highest BCUT2D eigenvalue weighted by molar-refractivity contribution is 8.00. The van der Waals surface area contributed by atoms with Gasteiger partial charge >= 0.3 is 6.36 Å². The maximum atomic E-state index is 12.0. The van der Waals surface area contributed by atoms with E-state index in [0.29, 0.717) is 10.6 Å². The van der Waals surface area contributed by atoms with Crippen molar-refractivity contribution in [1.29, 1.82) is 0 Å². The topological polar surface area (TPSA) is 64.4 Å². The van der Waals surface area contributed by atoms with Crippen molar-refractivity contribution < 1.29 is 22.8 Å². The molecule has 0 unspecified atom stereocenters. The van der Waals surface area contributed by atoms with Gasteiger partial charge in [-0.15, -0.1) is 13.2 Å². The molecule has 2 aromatic carbocycles. The SMILES string of the molecule is O=[N+]([O-])c1ccccc1SNc1ccc(OC(F)(F)F)cc1. The molecule has 0 saturated heterocycles. The van der Waals surface area contributed by atoms with Crippen LogP contribution in [0.5, 0.6) is 5.75 Å². The molecular weight excluding hydrogens is 321 g/mol. The van der Waals surface area contributed by atoms with E-state index in [0.717, 1.165) is 24.1 Å². The van der Waals surface area contributed by atoms with E-state index in [2.05, 4.69) is 9.46 Å². The molecule has 0 aliphatic carbocycles. The molecule has 0 amide bonds. The van der Waals surface area contributed by atoms with Crippen LogP contribution in [-0.4, -0.2) is 11.3 Å². The lowest BCUT2D eigenvalue weighted by molar-refractivity contribution is -0.387. The van der Waals surface area contributed by atoms with Gasteiger partial charge in [-0.2, -0.15) is 0 Å². The second kappa shape index (κ2) is 6.56. The fourth-order valence-corrected chi connectivity index (χ4v) is 2.29. The van der Waals surface area contributed by atoms with Crippen LogP contribution in [-0.2, 0) is 0 Å². The summed E-state index contributed by atoms with van der Waals surface area (Å²) in [5.74, 6) is -0.339. The number of alkyl halides is 3. The van der Waals surface area contributed by atoms with Crippen LogP contribution < -0.4 is 9.46 Å². The molecule has 22 heavy (non-hydrogen) atoms. The molecule has 0 aromatic heterocycles. The van der Waals surface area contributed by atoms with Crippen LogP contribution in [0, 0.1) is 10.1 Å². The highest BCUT2D eigenvalue weighted by Gasteiger charge is 2.30. The number of nitro benzene ring substituents is 1. The second-order valence-corrected chi connectivity index (χ2v) is 4.85. The molecule has 0 fully saturated rings. The molecule has 0 aliphatic heterocycles. The van der Waals surface area contributed by atoms with Gasteiger partial charge in [-0.05, 0) is 42.3 Å². The monoisotopic (exact) mass is 330 g/mol. The van der Waals surface area contributed by atoms with Gasteiger partial charge in [-0.1, -0.05) is 12.1 Å². The molecule has 0 atom stereocenters. The van der Waals surface area contributed by atoms with Crippen molar-refractivity contribution in [2.24, 2.45) is 0 Å². The summed E-state index contributed by atoms with van der Waals surface area (Å²) in [4.78, 5) is 10.7. The Morgan fingerprint density at radius 2 is 1.73 bits per heavy atom. The quantitative estimate of drug-likeness (QED) is 0.492. The molecule has 0 spiro atoms. The Labute approximate surface area is 127 Å². The van der Waals surface area contributed by atoms with Crippen LogP contribution >= 0.6 is 11.9 Å². The van der Waals surface area contributed by atoms with E-state index < -0.39 is 11.3 Å². The number of benzene rings is 2. The fraction of sp³-hybridized carbons (Fsp3) is 0.0769. The van der Waals surface area contributed by atoms with Crippen LogP contribution in [0.15, 0.2) is 53.4 Å². The number of hydrogen-bond acceptors (Lipinski definition) is 5. The first kappa shape index (κ1) is 16.0. The van der Waals surface area contributed by atoms with E-state index in [9.17, 15) is 23.3 Å². The maximum absolute atomic E-state index is 12.0. The van der Waals surface area contributed by atoms with Gasteiger partial charge in [-0.3, -0.25) is 10.1 Å². The minimum absolute atomic E-state index is 0.0583. The van der Waals surface area contributed by atoms with Gasteiger partial charge in [0.15, 0.2) is 0 Å². The zero-order valence-electron chi connectivity index (χ0n) is 10.8. The number of para-hydroxylation sites is 1. The molecule has 2 aromatic rings. The zero-order chi connectivity index (χ0) is 16.2. The van der Waals surface area contributed by atoms with Crippen molar-refractivity contribution in [2.45, 2.75) is 11.3 Å². The summed E-state index contributed by atoms with van der Waals surface area (Å²) in [5.41, 5.74) is 0.426. The second-order valence-electron chi connectivity index (χ2n) is 4.00. The zero-order valence-corrected chi connectivity index (χ0v) is 11.6. The van der Waals surface area contributed by atoms with Crippen LogP contribution in [0.25, 0.3) is 0 Å². The molecule has 2 rings (SSSR count). The number of nitrogens with zero attached hydrogens (tertiary/aromatic N) is 1. The molecule has 0 radical (unpaired) electrons. The van der Waals surface area contributed by atoms with Crippen molar-refractivity contribution in [3.8, 4) is 5.75 Å². The molecule has 116 valence electrons. The summed E-state index contributed by atoms with van der Waals surface area (Å²) in [7, 11) is 0. The number of halogens is 3. The Balaban J connectivity index is 2.02. The highest BCUT2D eigenvalue weighted by atomic mass is 32.2. The third-order valence-corrected chi connectivity index (χ3v) is 3.33. The van der Waals surface area contributed by atoms with E-state index in [-0.39, 0.29) is 11.4 Å². The predicted molar refractivity (Wildman–Crippen MR) is 75.7 cm³/mol. The van der Waals surface area contributed by atoms with Gasteiger partial charge in [0.05, 0.1) is 4.92 Å². The van der Waals surface area contributed by atoms with Crippen LogP contribution in [0.1, 0.15) is 0 Å². The molecule has 0 bridgehead atoms. The summed E-state index contributed by atoms with van der Waals surface area (Å²) in [6.07, 6.45) is -4.74. The van der Waals surface area contributed by atoms with Crippen molar-refractivity contribution >= 4 is 23.3 Å². The van der Waals surface area contributed by atoms with Crippen molar-refractivity contribution in [3.63, 3.8) is 0 Å². The first-order valence-corrected chi connectivity index (χ1v) is 6.69. The third kappa shape index (κ3) is 4.55. The summed E-state index contributed by atoms with van der Waals surface area (Å²) in [5, 5.41) is 10.9. The summed E-state index contributed by atoms with van der Waals surface area (Å²) in [6, 6.07) is 11.2. The minimum atomic E-state index is -4.74. The van der Waals surface area contributed by atoms with Crippen molar-refractivity contribution in [3.05, 3.63) is 58.6 Å². The van der Waals surface area contributed by atoms with Crippen molar-refractivity contribution in [2.75, 3.05) is 4.72 Å². The van der Waals surface area contributed by atoms with Crippen LogP contribution in [0.4, 0.5) is 24.5 Å². The van der Waals surface area contributed by atoms with Gasteiger partial charge in [-0.25, -0.2) is 0 Å². The number of rotatable bonds is 5. The van der Waals surface area contributed by atoms with Gasteiger partial charge < -0.3 is 9.46 Å². The van der Waals surface area contributed by atoms with Gasteiger partial charge in [0, 0.05) is 11.8 Å². The fourth-order valence-electron chi connectivity index (χ4n) is 1.53. The average molecular weight is 330 g/mol. The lowest BCUT2D eigenvalue weighted by Crippen LogP contribution is -2.16. The van der Waals surface area contributed by atoms with E-state index >= 15 is 0 Å². The number of nitro groups is 1. The molecule has 0 heterocycles.